The number of carbonyl (C=O) groups is 1. The second kappa shape index (κ2) is 8.72. The third kappa shape index (κ3) is 5.43. The van der Waals surface area contributed by atoms with E-state index in [2.05, 4.69) is 10.5 Å². The highest BCUT2D eigenvalue weighted by molar-refractivity contribution is 5.82. The summed E-state index contributed by atoms with van der Waals surface area (Å²) in [4.78, 5) is 11.8. The van der Waals surface area contributed by atoms with Crippen LogP contribution >= 0.6 is 0 Å². The minimum atomic E-state index is -0.115. The van der Waals surface area contributed by atoms with Crippen molar-refractivity contribution in [3.63, 3.8) is 0 Å². The summed E-state index contributed by atoms with van der Waals surface area (Å²) in [6.45, 7) is 2.04. The lowest BCUT2D eigenvalue weighted by Gasteiger charge is -2.07. The Hall–Kier alpha value is -2.82. The van der Waals surface area contributed by atoms with E-state index in [0.29, 0.717) is 6.42 Å². The number of aryl methyl sites for hydroxylation is 2. The first-order chi connectivity index (χ1) is 11.6. The average molecular weight is 326 g/mol. The minimum absolute atomic E-state index is 0.115. The van der Waals surface area contributed by atoms with E-state index >= 15 is 0 Å². The van der Waals surface area contributed by atoms with E-state index in [1.54, 1.807) is 37.6 Å². The van der Waals surface area contributed by atoms with Gasteiger partial charge in [0.15, 0.2) is 0 Å². The Bertz CT molecular complexity index is 709. The highest BCUT2D eigenvalue weighted by Crippen LogP contribution is 2.18. The van der Waals surface area contributed by atoms with Crippen molar-refractivity contribution in [2.45, 2.75) is 26.2 Å². The number of carbonyl (C=O) groups excluding carboxylic acids is 1. The van der Waals surface area contributed by atoms with Gasteiger partial charge >= 0.3 is 0 Å². The summed E-state index contributed by atoms with van der Waals surface area (Å²) in [5.74, 6) is 0.929. The van der Waals surface area contributed by atoms with Gasteiger partial charge in [-0.05, 0) is 72.9 Å². The van der Waals surface area contributed by atoms with Gasteiger partial charge in [0.25, 0.3) is 0 Å². The number of rotatable bonds is 7. The second-order valence-corrected chi connectivity index (χ2v) is 5.53. The number of nitrogens with zero attached hydrogens (tertiary/aromatic N) is 1. The number of benzene rings is 2. The molecule has 0 aromatic heterocycles. The normalized spacial score (nSPS) is 10.8. The second-order valence-electron chi connectivity index (χ2n) is 5.53. The number of methoxy groups -OCH3 is 1. The number of phenols is 1. The molecule has 2 aromatic rings. The highest BCUT2D eigenvalue weighted by Gasteiger charge is 2.03. The van der Waals surface area contributed by atoms with Crippen LogP contribution in [0, 0.1) is 6.92 Å². The van der Waals surface area contributed by atoms with Crippen molar-refractivity contribution in [1.29, 1.82) is 0 Å². The van der Waals surface area contributed by atoms with Crippen LogP contribution in [0.25, 0.3) is 0 Å². The van der Waals surface area contributed by atoms with Gasteiger partial charge in [-0.15, -0.1) is 0 Å². The Morgan fingerprint density at radius 2 is 2.00 bits per heavy atom. The average Bonchev–Trinajstić information content (AvgIpc) is 2.58. The molecule has 2 aromatic carbocycles. The molecule has 0 fully saturated rings. The quantitative estimate of drug-likeness (QED) is 0.606. The van der Waals surface area contributed by atoms with E-state index in [-0.39, 0.29) is 11.7 Å². The fourth-order valence-electron chi connectivity index (χ4n) is 2.31. The first-order valence-corrected chi connectivity index (χ1v) is 7.83. The highest BCUT2D eigenvalue weighted by atomic mass is 16.5. The molecule has 0 saturated carbocycles. The van der Waals surface area contributed by atoms with Crippen molar-refractivity contribution in [2.75, 3.05) is 7.11 Å². The molecule has 0 saturated heterocycles. The van der Waals surface area contributed by atoms with Crippen LogP contribution in [-0.4, -0.2) is 24.3 Å². The Labute approximate surface area is 142 Å². The van der Waals surface area contributed by atoms with Crippen LogP contribution in [0.4, 0.5) is 0 Å². The molecule has 5 heteroatoms. The number of ether oxygens (including phenoxy) is 1. The Kier molecular flexibility index (Phi) is 6.37. The minimum Gasteiger partial charge on any atom is -0.508 e. The van der Waals surface area contributed by atoms with Gasteiger partial charge in [-0.1, -0.05) is 6.07 Å². The molecule has 0 radical (unpaired) electrons. The van der Waals surface area contributed by atoms with Gasteiger partial charge in [-0.2, -0.15) is 5.10 Å². The third-order valence-electron chi connectivity index (χ3n) is 3.70. The number of amides is 1. The SMILES string of the molecule is COc1ccc(CCCC(=O)N/N=C\c2ccc(O)cc2)c(C)c1. The molecule has 1 amide bonds. The Morgan fingerprint density at radius 1 is 1.25 bits per heavy atom. The van der Waals surface area contributed by atoms with Crippen molar-refractivity contribution in [3.05, 3.63) is 59.2 Å². The van der Waals surface area contributed by atoms with Crippen LogP contribution in [0.5, 0.6) is 11.5 Å². The van der Waals surface area contributed by atoms with Crippen LogP contribution < -0.4 is 10.2 Å². The van der Waals surface area contributed by atoms with Gasteiger partial charge in [0.1, 0.15) is 11.5 Å². The molecule has 0 aliphatic carbocycles. The van der Waals surface area contributed by atoms with Crippen molar-refractivity contribution in [1.82, 2.24) is 5.43 Å². The predicted octanol–water partition coefficient (Wildman–Crippen LogP) is 3.18. The first kappa shape index (κ1) is 17.5. The fourth-order valence-corrected chi connectivity index (χ4v) is 2.31. The van der Waals surface area contributed by atoms with Crippen molar-refractivity contribution >= 4 is 12.1 Å². The van der Waals surface area contributed by atoms with Gasteiger partial charge in [-0.25, -0.2) is 5.43 Å². The summed E-state index contributed by atoms with van der Waals surface area (Å²) in [5.41, 5.74) is 5.71. The summed E-state index contributed by atoms with van der Waals surface area (Å²) in [5, 5.41) is 13.1. The van der Waals surface area contributed by atoms with Crippen molar-refractivity contribution in [3.8, 4) is 11.5 Å². The van der Waals surface area contributed by atoms with Crippen LogP contribution in [0.1, 0.15) is 29.5 Å². The molecule has 0 aliphatic rings. The number of hydrogen-bond donors (Lipinski definition) is 2. The zero-order chi connectivity index (χ0) is 17.4. The lowest BCUT2D eigenvalue weighted by molar-refractivity contribution is -0.121. The topological polar surface area (TPSA) is 70.9 Å². The number of hydrazone groups is 1. The van der Waals surface area contributed by atoms with Crippen molar-refractivity contribution < 1.29 is 14.6 Å². The van der Waals surface area contributed by atoms with E-state index in [9.17, 15) is 9.90 Å². The van der Waals surface area contributed by atoms with Crippen LogP contribution in [0.2, 0.25) is 0 Å². The van der Waals surface area contributed by atoms with E-state index < -0.39 is 0 Å². The summed E-state index contributed by atoms with van der Waals surface area (Å²) in [6, 6.07) is 12.5. The molecule has 0 bridgehead atoms. The largest absolute Gasteiger partial charge is 0.508 e. The van der Waals surface area contributed by atoms with Crippen LogP contribution in [-0.2, 0) is 11.2 Å². The van der Waals surface area contributed by atoms with Crippen molar-refractivity contribution in [2.24, 2.45) is 5.10 Å². The lowest BCUT2D eigenvalue weighted by atomic mass is 10.0. The third-order valence-corrected chi connectivity index (χ3v) is 3.70. The van der Waals surface area contributed by atoms with E-state index in [0.717, 1.165) is 24.2 Å². The molecule has 0 spiro atoms. The predicted molar refractivity (Wildman–Crippen MR) is 94.5 cm³/mol. The molecule has 2 rings (SSSR count). The van der Waals surface area contributed by atoms with E-state index in [1.807, 2.05) is 25.1 Å². The molecule has 2 N–H and O–H groups in total. The maximum Gasteiger partial charge on any atom is 0.240 e. The monoisotopic (exact) mass is 326 g/mol. The number of phenolic OH excluding ortho intramolecular Hbond substituents is 1. The Balaban J connectivity index is 1.74. The zero-order valence-corrected chi connectivity index (χ0v) is 14.0. The molecule has 5 nitrogen and oxygen atoms in total. The number of nitrogens with one attached hydrogen (secondary N) is 1. The van der Waals surface area contributed by atoms with E-state index in [1.165, 1.54) is 11.1 Å². The van der Waals surface area contributed by atoms with Crippen LogP contribution in [0.3, 0.4) is 0 Å². The van der Waals surface area contributed by atoms with Gasteiger partial charge < -0.3 is 9.84 Å². The Morgan fingerprint density at radius 3 is 2.67 bits per heavy atom. The van der Waals surface area contributed by atoms with Gasteiger partial charge in [0.05, 0.1) is 13.3 Å². The van der Waals surface area contributed by atoms with E-state index in [4.69, 9.17) is 4.74 Å². The molecule has 0 unspecified atom stereocenters. The fraction of sp³-hybridized carbons (Fsp3) is 0.263. The summed E-state index contributed by atoms with van der Waals surface area (Å²) in [6.07, 6.45) is 3.56. The summed E-state index contributed by atoms with van der Waals surface area (Å²) < 4.78 is 5.19. The smallest absolute Gasteiger partial charge is 0.240 e. The number of aromatic hydroxyl groups is 1. The molecule has 24 heavy (non-hydrogen) atoms. The standard InChI is InChI=1S/C19H22N2O3/c1-14-12-18(24-2)11-8-16(14)4-3-5-19(23)21-20-13-15-6-9-17(22)10-7-15/h6-13,22H,3-5H2,1-2H3,(H,21,23)/b20-13-. The van der Waals surface area contributed by atoms with Gasteiger partial charge in [-0.3, -0.25) is 4.79 Å². The first-order valence-electron chi connectivity index (χ1n) is 7.83. The zero-order valence-electron chi connectivity index (χ0n) is 14.0. The lowest BCUT2D eigenvalue weighted by Crippen LogP contribution is -2.17. The van der Waals surface area contributed by atoms with Gasteiger partial charge in [0.2, 0.25) is 5.91 Å². The molecule has 0 aliphatic heterocycles. The van der Waals surface area contributed by atoms with Crippen LogP contribution in [0.15, 0.2) is 47.6 Å². The summed E-state index contributed by atoms with van der Waals surface area (Å²) in [7, 11) is 1.65. The maximum atomic E-state index is 11.8. The molecular formula is C19H22N2O3. The molecule has 0 atom stereocenters. The molecular weight excluding hydrogens is 304 g/mol. The molecule has 0 heterocycles. The maximum absolute atomic E-state index is 11.8. The van der Waals surface area contributed by atoms with Gasteiger partial charge in [0, 0.05) is 6.42 Å². The molecule has 126 valence electrons. The summed E-state index contributed by atoms with van der Waals surface area (Å²) >= 11 is 0. The number of hydrogen-bond acceptors (Lipinski definition) is 4.